The van der Waals surface area contributed by atoms with Gasteiger partial charge in [0.2, 0.25) is 5.91 Å². The molecule has 2 aromatic rings. The van der Waals surface area contributed by atoms with Crippen molar-refractivity contribution in [2.75, 3.05) is 36.0 Å². The smallest absolute Gasteiger partial charge is 0.252 e. The van der Waals surface area contributed by atoms with Crippen molar-refractivity contribution in [1.82, 2.24) is 10.3 Å². The molecule has 138 valence electrons. The topological polar surface area (TPSA) is 65.5 Å². The van der Waals surface area contributed by atoms with Crippen molar-refractivity contribution in [3.63, 3.8) is 0 Å². The minimum Gasteiger partial charge on any atom is -0.372 e. The maximum absolute atomic E-state index is 12.1. The Morgan fingerprint density at radius 2 is 1.69 bits per heavy atom. The van der Waals surface area contributed by atoms with E-state index in [2.05, 4.69) is 29.0 Å². The molecule has 0 aliphatic carbocycles. The fourth-order valence-corrected chi connectivity index (χ4v) is 2.78. The van der Waals surface area contributed by atoms with Gasteiger partial charge in [0.1, 0.15) is 0 Å². The first-order valence-corrected chi connectivity index (χ1v) is 8.88. The van der Waals surface area contributed by atoms with Crippen LogP contribution in [0.15, 0.2) is 48.8 Å². The van der Waals surface area contributed by atoms with Gasteiger partial charge in [0, 0.05) is 56.9 Å². The molecule has 0 aliphatic heterocycles. The molecule has 0 spiro atoms. The Bertz CT molecular complexity index is 712. The van der Waals surface area contributed by atoms with Crippen LogP contribution in [0, 0.1) is 0 Å². The zero-order valence-electron chi connectivity index (χ0n) is 15.6. The lowest BCUT2D eigenvalue weighted by Crippen LogP contribution is -2.37. The zero-order chi connectivity index (χ0) is 18.9. The van der Waals surface area contributed by atoms with Gasteiger partial charge in [0.25, 0.3) is 5.91 Å². The van der Waals surface area contributed by atoms with E-state index in [1.807, 2.05) is 24.3 Å². The Morgan fingerprint density at radius 3 is 2.23 bits per heavy atom. The Hall–Kier alpha value is -2.89. The fraction of sp³-hybridized carbons (Fsp3) is 0.350. The van der Waals surface area contributed by atoms with Crippen LogP contribution < -0.4 is 15.1 Å². The van der Waals surface area contributed by atoms with E-state index in [4.69, 9.17) is 0 Å². The quantitative estimate of drug-likeness (QED) is 0.792. The molecule has 1 aromatic heterocycles. The van der Waals surface area contributed by atoms with Gasteiger partial charge in [0.05, 0.1) is 5.56 Å². The second-order valence-electron chi connectivity index (χ2n) is 5.86. The molecule has 0 fully saturated rings. The normalized spacial score (nSPS) is 10.3. The van der Waals surface area contributed by atoms with Crippen molar-refractivity contribution < 1.29 is 9.59 Å². The van der Waals surface area contributed by atoms with Crippen LogP contribution in [0.4, 0.5) is 11.4 Å². The summed E-state index contributed by atoms with van der Waals surface area (Å²) in [6.07, 6.45) is 3.14. The van der Waals surface area contributed by atoms with Crippen LogP contribution >= 0.6 is 0 Å². The van der Waals surface area contributed by atoms with Crippen molar-refractivity contribution >= 4 is 23.2 Å². The third kappa shape index (κ3) is 5.05. The summed E-state index contributed by atoms with van der Waals surface area (Å²) in [6.45, 7) is 8.41. The summed E-state index contributed by atoms with van der Waals surface area (Å²) in [4.78, 5) is 31.9. The van der Waals surface area contributed by atoms with Crippen LogP contribution in [0.3, 0.4) is 0 Å². The average Bonchev–Trinajstić information content (AvgIpc) is 2.67. The van der Waals surface area contributed by atoms with E-state index in [1.54, 1.807) is 23.2 Å². The van der Waals surface area contributed by atoms with Gasteiger partial charge in [-0.3, -0.25) is 14.6 Å². The van der Waals surface area contributed by atoms with E-state index in [0.29, 0.717) is 18.7 Å². The van der Waals surface area contributed by atoms with Crippen LogP contribution in [-0.4, -0.2) is 43.0 Å². The van der Waals surface area contributed by atoms with E-state index in [9.17, 15) is 9.59 Å². The molecule has 1 N–H and O–H groups in total. The van der Waals surface area contributed by atoms with Crippen LogP contribution in [-0.2, 0) is 4.79 Å². The van der Waals surface area contributed by atoms with Crippen LogP contribution in [0.1, 0.15) is 31.1 Å². The molecule has 6 heteroatoms. The van der Waals surface area contributed by atoms with E-state index >= 15 is 0 Å². The Labute approximate surface area is 154 Å². The molecule has 0 bridgehead atoms. The summed E-state index contributed by atoms with van der Waals surface area (Å²) in [5, 5.41) is 2.82. The minimum atomic E-state index is -0.196. The fourth-order valence-electron chi connectivity index (χ4n) is 2.78. The van der Waals surface area contributed by atoms with Crippen molar-refractivity contribution in [2.45, 2.75) is 20.8 Å². The highest BCUT2D eigenvalue weighted by Crippen LogP contribution is 2.20. The van der Waals surface area contributed by atoms with Gasteiger partial charge in [-0.15, -0.1) is 0 Å². The molecule has 2 rings (SSSR count). The van der Waals surface area contributed by atoms with Gasteiger partial charge >= 0.3 is 0 Å². The monoisotopic (exact) mass is 354 g/mol. The molecule has 2 amide bonds. The van der Waals surface area contributed by atoms with E-state index in [1.165, 1.54) is 13.1 Å². The molecular formula is C20H26N4O2. The molecule has 1 heterocycles. The highest BCUT2D eigenvalue weighted by atomic mass is 16.2. The molecule has 1 aromatic carbocycles. The van der Waals surface area contributed by atoms with Crippen LogP contribution in [0.5, 0.6) is 0 Å². The third-order valence-corrected chi connectivity index (χ3v) is 4.21. The van der Waals surface area contributed by atoms with Gasteiger partial charge < -0.3 is 15.1 Å². The van der Waals surface area contributed by atoms with Gasteiger partial charge in [-0.2, -0.15) is 0 Å². The predicted molar refractivity (Wildman–Crippen MR) is 105 cm³/mol. The number of carbonyl (C=O) groups excluding carboxylic acids is 2. The molecule has 0 saturated carbocycles. The van der Waals surface area contributed by atoms with Crippen molar-refractivity contribution in [3.05, 3.63) is 54.4 Å². The summed E-state index contributed by atoms with van der Waals surface area (Å²) in [7, 11) is 0. The Kier molecular flexibility index (Phi) is 7.14. The molecule has 0 saturated heterocycles. The number of anilines is 2. The highest BCUT2D eigenvalue weighted by Gasteiger charge is 2.13. The lowest BCUT2D eigenvalue weighted by Gasteiger charge is -2.24. The number of hydrogen-bond acceptors (Lipinski definition) is 4. The molecule has 6 nitrogen and oxygen atoms in total. The number of pyridine rings is 1. The molecule has 0 atom stereocenters. The molecule has 26 heavy (non-hydrogen) atoms. The number of nitrogens with zero attached hydrogens (tertiary/aromatic N) is 3. The lowest BCUT2D eigenvalue weighted by atomic mass is 10.2. The van der Waals surface area contributed by atoms with Gasteiger partial charge in [-0.25, -0.2) is 0 Å². The lowest BCUT2D eigenvalue weighted by molar-refractivity contribution is -0.116. The average molecular weight is 354 g/mol. The van der Waals surface area contributed by atoms with E-state index in [0.717, 1.165) is 24.5 Å². The Morgan fingerprint density at radius 1 is 1.04 bits per heavy atom. The number of aromatic nitrogens is 1. The predicted octanol–water partition coefficient (Wildman–Crippen LogP) is 2.71. The first-order valence-electron chi connectivity index (χ1n) is 8.88. The summed E-state index contributed by atoms with van der Waals surface area (Å²) in [5.41, 5.74) is 2.46. The van der Waals surface area contributed by atoms with E-state index in [-0.39, 0.29) is 11.8 Å². The number of rotatable bonds is 8. The third-order valence-electron chi connectivity index (χ3n) is 4.21. The number of carbonyl (C=O) groups is 2. The molecule has 0 aliphatic rings. The summed E-state index contributed by atoms with van der Waals surface area (Å²) >= 11 is 0. The van der Waals surface area contributed by atoms with Gasteiger partial charge in [0.15, 0.2) is 0 Å². The van der Waals surface area contributed by atoms with Crippen molar-refractivity contribution in [2.24, 2.45) is 0 Å². The second kappa shape index (κ2) is 9.56. The molecular weight excluding hydrogens is 328 g/mol. The summed E-state index contributed by atoms with van der Waals surface area (Å²) in [5.74, 6) is -0.255. The number of benzene rings is 1. The van der Waals surface area contributed by atoms with Crippen molar-refractivity contribution in [1.29, 1.82) is 0 Å². The standard InChI is InChI=1S/C20H26N4O2/c1-4-23(5-2)18-8-10-19(11-9-18)24(16(3)25)14-13-22-20(26)17-7-6-12-21-15-17/h6-12,15H,4-5,13-14H2,1-3H3,(H,22,26). The maximum Gasteiger partial charge on any atom is 0.252 e. The van der Waals surface area contributed by atoms with Crippen molar-refractivity contribution in [3.8, 4) is 0 Å². The first kappa shape index (κ1) is 19.4. The second-order valence-corrected chi connectivity index (χ2v) is 5.86. The molecule has 0 radical (unpaired) electrons. The highest BCUT2D eigenvalue weighted by molar-refractivity contribution is 5.94. The SMILES string of the molecule is CCN(CC)c1ccc(N(CCNC(=O)c2cccnc2)C(C)=O)cc1. The van der Waals surface area contributed by atoms with Gasteiger partial charge in [-0.1, -0.05) is 0 Å². The van der Waals surface area contributed by atoms with Gasteiger partial charge in [-0.05, 0) is 50.2 Å². The van der Waals surface area contributed by atoms with Crippen LogP contribution in [0.25, 0.3) is 0 Å². The van der Waals surface area contributed by atoms with Crippen LogP contribution in [0.2, 0.25) is 0 Å². The maximum atomic E-state index is 12.1. The number of hydrogen-bond donors (Lipinski definition) is 1. The first-order chi connectivity index (χ1) is 12.6. The number of nitrogens with one attached hydrogen (secondary N) is 1. The minimum absolute atomic E-state index is 0.0591. The van der Waals surface area contributed by atoms with E-state index < -0.39 is 0 Å². The number of amides is 2. The Balaban J connectivity index is 1.98. The zero-order valence-corrected chi connectivity index (χ0v) is 15.6. The molecule has 0 unspecified atom stereocenters. The summed E-state index contributed by atoms with van der Waals surface area (Å²) in [6, 6.07) is 11.3. The summed E-state index contributed by atoms with van der Waals surface area (Å²) < 4.78 is 0. The largest absolute Gasteiger partial charge is 0.372 e.